The predicted molar refractivity (Wildman–Crippen MR) is 268 cm³/mol. The highest BCUT2D eigenvalue weighted by Gasteiger charge is 2.75. The third kappa shape index (κ3) is 9.73. The number of imide groups is 1. The highest BCUT2D eigenvalue weighted by molar-refractivity contribution is 6.23. The maximum Gasteiger partial charge on any atom is 0.421 e. The Balaban J connectivity index is 1.29. The van der Waals surface area contributed by atoms with Gasteiger partial charge in [-0.25, -0.2) is 9.69 Å². The molecule has 7 unspecified atom stereocenters. The average molecular weight is 969 g/mol. The topological polar surface area (TPSA) is 167 Å². The van der Waals surface area contributed by atoms with Crippen LogP contribution in [0.1, 0.15) is 63.2 Å². The number of benzene rings is 6. The second kappa shape index (κ2) is 22.2. The number of cyclic esters (lactones) is 1. The maximum absolute atomic E-state index is 16.5. The summed E-state index contributed by atoms with van der Waals surface area (Å²) in [7, 11) is 3.42. The fraction of sp³-hybridized carbons (Fsp3) is 0.276. The van der Waals surface area contributed by atoms with Crippen LogP contribution in [0, 0.1) is 17.8 Å². The van der Waals surface area contributed by atoms with Crippen LogP contribution in [0.25, 0.3) is 0 Å². The van der Waals surface area contributed by atoms with Crippen molar-refractivity contribution in [2.75, 3.05) is 58.6 Å². The largest absolute Gasteiger partial charge is 0.491 e. The van der Waals surface area contributed by atoms with E-state index in [4.69, 9.17) is 18.9 Å². The number of esters is 1. The second-order valence-electron chi connectivity index (χ2n) is 18.0. The Hall–Kier alpha value is -7.64. The van der Waals surface area contributed by atoms with Gasteiger partial charge in [0.05, 0.1) is 49.6 Å². The molecule has 6 aromatic rings. The van der Waals surface area contributed by atoms with Gasteiger partial charge in [0.1, 0.15) is 36.5 Å². The van der Waals surface area contributed by atoms with Crippen LogP contribution < -0.4 is 15.0 Å². The number of aliphatic hydroxyl groups is 2. The van der Waals surface area contributed by atoms with E-state index >= 15 is 14.4 Å². The van der Waals surface area contributed by atoms with E-state index in [0.717, 1.165) is 16.0 Å². The summed E-state index contributed by atoms with van der Waals surface area (Å²) in [6, 6.07) is 46.1. The molecule has 0 aliphatic carbocycles. The maximum atomic E-state index is 16.5. The van der Waals surface area contributed by atoms with Crippen molar-refractivity contribution < 1.29 is 48.3 Å². The molecule has 0 bridgehead atoms. The number of rotatable bonds is 16. The molecule has 6 aromatic carbocycles. The van der Waals surface area contributed by atoms with Crippen molar-refractivity contribution in [2.45, 2.75) is 42.3 Å². The van der Waals surface area contributed by atoms with Crippen molar-refractivity contribution in [2.24, 2.45) is 5.92 Å². The molecule has 2 saturated heterocycles. The Kier molecular flexibility index (Phi) is 15.2. The summed E-state index contributed by atoms with van der Waals surface area (Å²) in [5.41, 5.74) is 2.26. The molecule has 3 heterocycles. The SMILES string of the molecule is COCCOC(=O)N1C(=O)C2(c3cc(C#CCN(C)Cc4ccccc4)ccc31)C(C(=O)NCC(O)c1ccccc1)C1C(=O)OC(c3ccccc3)C(c3ccccc3)N1C2c1cccc(OCCO)c1. The summed E-state index contributed by atoms with van der Waals surface area (Å²) in [4.78, 5) is 67.2. The highest BCUT2D eigenvalue weighted by Crippen LogP contribution is 2.66. The summed E-state index contributed by atoms with van der Waals surface area (Å²) in [6.07, 6.45) is -3.13. The van der Waals surface area contributed by atoms with Crippen LogP contribution in [0.2, 0.25) is 0 Å². The molecule has 0 radical (unpaired) electrons. The van der Waals surface area contributed by atoms with E-state index < -0.39 is 65.5 Å². The molecule has 7 atom stereocenters. The molecule has 72 heavy (non-hydrogen) atoms. The van der Waals surface area contributed by atoms with Crippen LogP contribution >= 0.6 is 0 Å². The lowest BCUT2D eigenvalue weighted by molar-refractivity contribution is -0.178. The number of morpholine rings is 1. The van der Waals surface area contributed by atoms with E-state index in [0.29, 0.717) is 41.1 Å². The van der Waals surface area contributed by atoms with Gasteiger partial charge in [-0.1, -0.05) is 145 Å². The quantitative estimate of drug-likeness (QED) is 0.0526. The van der Waals surface area contributed by atoms with Crippen LogP contribution in [0.3, 0.4) is 0 Å². The first-order valence-corrected chi connectivity index (χ1v) is 23.9. The number of amides is 3. The molecule has 14 heteroatoms. The third-order valence-electron chi connectivity index (χ3n) is 13.5. The van der Waals surface area contributed by atoms with Crippen molar-refractivity contribution in [1.29, 1.82) is 0 Å². The molecular formula is C58H56N4O10. The van der Waals surface area contributed by atoms with Gasteiger partial charge in [0, 0.05) is 25.8 Å². The van der Waals surface area contributed by atoms with Gasteiger partial charge in [-0.3, -0.25) is 24.2 Å². The van der Waals surface area contributed by atoms with E-state index in [1.165, 1.54) is 7.11 Å². The lowest BCUT2D eigenvalue weighted by Crippen LogP contribution is -2.56. The Morgan fingerprint density at radius 1 is 0.792 bits per heavy atom. The standard InChI is InChI=1S/C58H56N4O10/c1-60(38-40-17-7-3-8-18-40)30-16-19-39-28-29-47-46(35-39)58(56(67)61(47)57(68)71-34-33-69-2)49(54(65)59-37-48(64)41-20-9-4-10-21-41)51-55(66)72-52(43-24-13-6-14-25-43)50(42-22-11-5-12-23-42)62(51)53(58)44-26-15-27-45(36-44)70-32-31-63/h3-15,17-18,20-29,35-36,48-53,63-64H,30-34,37-38H2,1-2H3,(H,59,65). The first-order chi connectivity index (χ1) is 35.1. The molecule has 9 rings (SSSR count). The van der Waals surface area contributed by atoms with Crippen molar-refractivity contribution in [3.05, 3.63) is 203 Å². The molecule has 1 spiro atoms. The number of carbonyl (C=O) groups excluding carboxylic acids is 4. The summed E-state index contributed by atoms with van der Waals surface area (Å²) in [5.74, 6) is 2.95. The first-order valence-electron chi connectivity index (χ1n) is 23.9. The number of hydrogen-bond acceptors (Lipinski definition) is 12. The molecule has 2 fully saturated rings. The number of methoxy groups -OCH3 is 1. The van der Waals surface area contributed by atoms with Crippen molar-refractivity contribution in [3.8, 4) is 17.6 Å². The molecule has 0 aromatic heterocycles. The van der Waals surface area contributed by atoms with Crippen molar-refractivity contribution in [3.63, 3.8) is 0 Å². The van der Waals surface area contributed by atoms with Crippen LogP contribution in [0.5, 0.6) is 5.75 Å². The summed E-state index contributed by atoms with van der Waals surface area (Å²) < 4.78 is 23.5. The highest BCUT2D eigenvalue weighted by atomic mass is 16.6. The number of nitrogens with zero attached hydrogens (tertiary/aromatic N) is 3. The van der Waals surface area contributed by atoms with Crippen LogP contribution in [-0.2, 0) is 40.6 Å². The van der Waals surface area contributed by atoms with Crippen LogP contribution in [-0.4, -0.2) is 104 Å². The minimum absolute atomic E-state index is 0.0400. The first kappa shape index (κ1) is 49.3. The number of fused-ring (bicyclic) bond motifs is 3. The smallest absolute Gasteiger partial charge is 0.421 e. The van der Waals surface area contributed by atoms with Gasteiger partial charge in [0.15, 0.2) is 0 Å². The van der Waals surface area contributed by atoms with E-state index in [1.54, 1.807) is 66.7 Å². The molecule has 3 amide bonds. The molecule has 3 aliphatic rings. The number of hydrogen-bond donors (Lipinski definition) is 3. The number of anilines is 1. The minimum atomic E-state index is -2.11. The van der Waals surface area contributed by atoms with E-state index in [9.17, 15) is 15.0 Å². The third-order valence-corrected chi connectivity index (χ3v) is 13.5. The average Bonchev–Trinajstić information content (AvgIpc) is 3.87. The van der Waals surface area contributed by atoms with Crippen LogP contribution in [0.4, 0.5) is 10.5 Å². The van der Waals surface area contributed by atoms with Gasteiger partial charge in [-0.15, -0.1) is 0 Å². The molecular weight excluding hydrogens is 913 g/mol. The van der Waals surface area contributed by atoms with Gasteiger partial charge < -0.3 is 34.5 Å². The van der Waals surface area contributed by atoms with E-state index in [-0.39, 0.29) is 44.2 Å². The number of aliphatic hydroxyl groups excluding tert-OH is 2. The summed E-state index contributed by atoms with van der Waals surface area (Å²) in [5, 5.41) is 24.3. The summed E-state index contributed by atoms with van der Waals surface area (Å²) in [6.45, 7) is 0.281. The van der Waals surface area contributed by atoms with Gasteiger partial charge in [-0.05, 0) is 70.8 Å². The molecule has 368 valence electrons. The molecule has 3 aliphatic heterocycles. The Bertz CT molecular complexity index is 2930. The fourth-order valence-electron chi connectivity index (χ4n) is 10.5. The summed E-state index contributed by atoms with van der Waals surface area (Å²) >= 11 is 0. The lowest BCUT2D eigenvalue weighted by atomic mass is 9.65. The van der Waals surface area contributed by atoms with Gasteiger partial charge in [0.2, 0.25) is 11.8 Å². The number of carbonyl (C=O) groups is 4. The molecule has 3 N–H and O–H groups in total. The van der Waals surface area contributed by atoms with Crippen LogP contribution in [0.15, 0.2) is 164 Å². The zero-order chi connectivity index (χ0) is 50.2. The zero-order valence-electron chi connectivity index (χ0n) is 40.0. The second-order valence-corrected chi connectivity index (χ2v) is 18.0. The van der Waals surface area contributed by atoms with E-state index in [2.05, 4.69) is 22.1 Å². The van der Waals surface area contributed by atoms with Gasteiger partial charge in [-0.2, -0.15) is 0 Å². The Labute approximate surface area is 418 Å². The molecule has 0 saturated carbocycles. The minimum Gasteiger partial charge on any atom is -0.491 e. The Morgan fingerprint density at radius 3 is 2.15 bits per heavy atom. The van der Waals surface area contributed by atoms with Gasteiger partial charge in [0.25, 0.3) is 0 Å². The van der Waals surface area contributed by atoms with E-state index in [1.807, 2.05) is 109 Å². The lowest BCUT2D eigenvalue weighted by Gasteiger charge is -2.46. The van der Waals surface area contributed by atoms with Crippen molar-refractivity contribution in [1.82, 2.24) is 15.1 Å². The number of ether oxygens (including phenoxy) is 4. The monoisotopic (exact) mass is 968 g/mol. The normalized spacial score (nSPS) is 21.6. The zero-order valence-corrected chi connectivity index (χ0v) is 40.0. The fourth-order valence-corrected chi connectivity index (χ4v) is 10.5. The molecule has 14 nitrogen and oxygen atoms in total. The predicted octanol–water partition coefficient (Wildman–Crippen LogP) is 6.84. The van der Waals surface area contributed by atoms with Crippen molar-refractivity contribution >= 4 is 29.6 Å². The van der Waals surface area contributed by atoms with Gasteiger partial charge >= 0.3 is 12.1 Å². The Morgan fingerprint density at radius 2 is 1.46 bits per heavy atom. The number of nitrogens with one attached hydrogen (secondary N) is 1.